The lowest BCUT2D eigenvalue weighted by Crippen LogP contribution is -2.18. The van der Waals surface area contributed by atoms with E-state index in [9.17, 15) is 0 Å². The van der Waals surface area contributed by atoms with E-state index in [0.29, 0.717) is 12.0 Å². The molecule has 3 aromatic heterocycles. The van der Waals surface area contributed by atoms with E-state index >= 15 is 0 Å². The lowest BCUT2D eigenvalue weighted by atomic mass is 10.0. The lowest BCUT2D eigenvalue weighted by molar-refractivity contribution is 0.0707. The minimum Gasteiger partial charge on any atom is -0.381 e. The molecule has 2 fully saturated rings. The topological polar surface area (TPSA) is 62.1 Å². The Kier molecular flexibility index (Phi) is 5.25. The largest absolute Gasteiger partial charge is 0.381 e. The molecule has 3 aromatic rings. The Hall–Kier alpha value is -2.75. The van der Waals surface area contributed by atoms with Crippen molar-refractivity contribution in [3.05, 3.63) is 42.7 Å². The highest BCUT2D eigenvalue weighted by Crippen LogP contribution is 2.33. The van der Waals surface area contributed by atoms with Crippen LogP contribution in [0.25, 0.3) is 22.2 Å². The zero-order valence-electron chi connectivity index (χ0n) is 16.4. The Morgan fingerprint density at radius 3 is 2.62 bits per heavy atom. The Labute approximate surface area is 170 Å². The fourth-order valence-electron chi connectivity index (χ4n) is 4.16. The van der Waals surface area contributed by atoms with Gasteiger partial charge < -0.3 is 14.0 Å². The van der Waals surface area contributed by atoms with E-state index in [1.54, 1.807) is 6.33 Å². The Bertz CT molecular complexity index is 1050. The number of aromatic nitrogens is 4. The van der Waals surface area contributed by atoms with Gasteiger partial charge in [-0.2, -0.15) is 0 Å². The van der Waals surface area contributed by atoms with Crippen LogP contribution in [0.5, 0.6) is 0 Å². The minimum absolute atomic E-state index is 0.392. The van der Waals surface area contributed by atoms with Crippen LogP contribution in [0.1, 0.15) is 37.4 Å². The van der Waals surface area contributed by atoms with Gasteiger partial charge in [0.05, 0.1) is 17.4 Å². The lowest BCUT2D eigenvalue weighted by Gasteiger charge is -2.24. The van der Waals surface area contributed by atoms with Gasteiger partial charge in [-0.1, -0.05) is 5.92 Å². The highest BCUT2D eigenvalue weighted by atomic mass is 16.5. The molecule has 0 spiro atoms. The summed E-state index contributed by atoms with van der Waals surface area (Å²) in [7, 11) is 0. The van der Waals surface area contributed by atoms with Crippen LogP contribution >= 0.6 is 0 Å². The summed E-state index contributed by atoms with van der Waals surface area (Å²) in [5.41, 5.74) is 3.91. The molecule has 0 amide bonds. The summed E-state index contributed by atoms with van der Waals surface area (Å²) in [5.74, 6) is 7.00. The van der Waals surface area contributed by atoms with E-state index in [1.807, 2.05) is 18.5 Å². The highest BCUT2D eigenvalue weighted by Gasteiger charge is 2.20. The summed E-state index contributed by atoms with van der Waals surface area (Å²) in [6, 6.07) is 4.49. The molecule has 0 saturated carbocycles. The molecular formula is C23H24N4O2. The molecular weight excluding hydrogens is 364 g/mol. The summed E-state index contributed by atoms with van der Waals surface area (Å²) in [6.45, 7) is 3.21. The predicted molar refractivity (Wildman–Crippen MR) is 110 cm³/mol. The average molecular weight is 388 g/mol. The second-order valence-electron chi connectivity index (χ2n) is 7.63. The Morgan fingerprint density at radius 2 is 1.79 bits per heavy atom. The molecule has 5 rings (SSSR count). The van der Waals surface area contributed by atoms with Crippen LogP contribution < -0.4 is 0 Å². The van der Waals surface area contributed by atoms with Gasteiger partial charge in [-0.15, -0.1) is 0 Å². The maximum atomic E-state index is 5.54. The maximum absolute atomic E-state index is 5.54. The van der Waals surface area contributed by atoms with Gasteiger partial charge >= 0.3 is 0 Å². The zero-order valence-corrected chi connectivity index (χ0v) is 16.4. The number of hydrogen-bond donors (Lipinski definition) is 0. The van der Waals surface area contributed by atoms with Gasteiger partial charge in [-0.3, -0.25) is 4.98 Å². The molecule has 0 aromatic carbocycles. The quantitative estimate of drug-likeness (QED) is 0.628. The van der Waals surface area contributed by atoms with Crippen molar-refractivity contribution in [3.63, 3.8) is 0 Å². The summed E-state index contributed by atoms with van der Waals surface area (Å²) < 4.78 is 13.3. The smallest absolute Gasteiger partial charge is 0.117 e. The molecule has 6 heteroatoms. The van der Waals surface area contributed by atoms with Crippen LogP contribution in [0.3, 0.4) is 0 Å². The molecule has 2 aliphatic rings. The highest BCUT2D eigenvalue weighted by molar-refractivity contribution is 5.94. The average Bonchev–Trinajstić information content (AvgIpc) is 3.19. The van der Waals surface area contributed by atoms with Gasteiger partial charge in [0.25, 0.3) is 0 Å². The van der Waals surface area contributed by atoms with Crippen molar-refractivity contribution in [1.29, 1.82) is 0 Å². The van der Waals surface area contributed by atoms with Gasteiger partial charge in [0, 0.05) is 61.7 Å². The Morgan fingerprint density at radius 1 is 1.00 bits per heavy atom. The summed E-state index contributed by atoms with van der Waals surface area (Å²) in [4.78, 5) is 13.3. The molecule has 2 aliphatic heterocycles. The normalized spacial score (nSPS) is 18.5. The van der Waals surface area contributed by atoms with Crippen molar-refractivity contribution in [1.82, 2.24) is 19.5 Å². The summed E-state index contributed by atoms with van der Waals surface area (Å²) in [5, 5.41) is 1.16. The minimum atomic E-state index is 0.392. The number of ether oxygens (including phenoxy) is 2. The summed E-state index contributed by atoms with van der Waals surface area (Å²) >= 11 is 0. The first kappa shape index (κ1) is 18.3. The van der Waals surface area contributed by atoms with Crippen molar-refractivity contribution in [2.75, 3.05) is 26.4 Å². The van der Waals surface area contributed by atoms with E-state index in [0.717, 1.165) is 80.0 Å². The first-order valence-corrected chi connectivity index (χ1v) is 10.3. The van der Waals surface area contributed by atoms with Gasteiger partial charge in [-0.05, 0) is 43.7 Å². The fraction of sp³-hybridized carbons (Fsp3) is 0.435. The molecule has 5 heterocycles. The van der Waals surface area contributed by atoms with Crippen LogP contribution in [0.2, 0.25) is 0 Å². The van der Waals surface area contributed by atoms with Crippen molar-refractivity contribution >= 4 is 10.9 Å². The second kappa shape index (κ2) is 8.32. The third kappa shape index (κ3) is 3.89. The predicted octanol–water partition coefficient (Wildman–Crippen LogP) is 3.62. The van der Waals surface area contributed by atoms with Gasteiger partial charge in [0.2, 0.25) is 0 Å². The van der Waals surface area contributed by atoms with Crippen molar-refractivity contribution < 1.29 is 9.47 Å². The van der Waals surface area contributed by atoms with Crippen LogP contribution in [0.4, 0.5) is 0 Å². The second-order valence-corrected chi connectivity index (χ2v) is 7.63. The number of hydrogen-bond acceptors (Lipinski definition) is 5. The number of rotatable bonds is 2. The monoisotopic (exact) mass is 388 g/mol. The van der Waals surface area contributed by atoms with Crippen LogP contribution in [-0.2, 0) is 9.47 Å². The van der Waals surface area contributed by atoms with Crippen LogP contribution in [0, 0.1) is 17.8 Å². The third-order valence-corrected chi connectivity index (χ3v) is 5.79. The van der Waals surface area contributed by atoms with E-state index in [1.165, 1.54) is 0 Å². The molecule has 0 atom stereocenters. The van der Waals surface area contributed by atoms with Gasteiger partial charge in [-0.25, -0.2) is 9.97 Å². The fourth-order valence-corrected chi connectivity index (χ4v) is 4.16. The van der Waals surface area contributed by atoms with E-state index in [4.69, 9.17) is 9.47 Å². The molecule has 29 heavy (non-hydrogen) atoms. The first-order chi connectivity index (χ1) is 14.4. The number of fused-ring (bicyclic) bond motifs is 1. The molecule has 0 aliphatic carbocycles. The van der Waals surface area contributed by atoms with Gasteiger partial charge in [0.15, 0.2) is 0 Å². The molecule has 2 saturated heterocycles. The first-order valence-electron chi connectivity index (χ1n) is 10.3. The third-order valence-electron chi connectivity index (χ3n) is 5.79. The molecule has 148 valence electrons. The standard InChI is InChI=1S/C23H24N4O2/c1(17-4-9-28-10-5-17)2-18-13-22(26-16-25-18)21-15-27(19-6-11-29-12-7-19)23-14-24-8-3-20(21)23/h3,8,13-17,19H,4-7,9-12H2. The molecule has 0 bridgehead atoms. The molecule has 0 N–H and O–H groups in total. The van der Waals surface area contributed by atoms with E-state index in [2.05, 4.69) is 43.6 Å². The van der Waals surface area contributed by atoms with Crippen molar-refractivity contribution in [3.8, 4) is 23.1 Å². The van der Waals surface area contributed by atoms with E-state index in [-0.39, 0.29) is 0 Å². The number of pyridine rings is 1. The Balaban J connectivity index is 1.50. The van der Waals surface area contributed by atoms with Crippen LogP contribution in [-0.4, -0.2) is 45.9 Å². The number of nitrogens with zero attached hydrogens (tertiary/aromatic N) is 4. The SMILES string of the molecule is C(#CC1CCOCC1)c1cc(-c2cn(C3CCOCC3)c3cnccc23)ncn1. The molecule has 0 unspecified atom stereocenters. The van der Waals surface area contributed by atoms with Crippen molar-refractivity contribution in [2.45, 2.75) is 31.7 Å². The summed E-state index contributed by atoms with van der Waals surface area (Å²) in [6.07, 6.45) is 11.6. The molecule has 6 nitrogen and oxygen atoms in total. The van der Waals surface area contributed by atoms with Gasteiger partial charge in [0.1, 0.15) is 12.0 Å². The van der Waals surface area contributed by atoms with E-state index < -0.39 is 0 Å². The maximum Gasteiger partial charge on any atom is 0.117 e. The zero-order chi connectivity index (χ0) is 19.5. The van der Waals surface area contributed by atoms with Crippen molar-refractivity contribution in [2.24, 2.45) is 5.92 Å². The van der Waals surface area contributed by atoms with Crippen LogP contribution in [0.15, 0.2) is 37.1 Å². The molecule has 0 radical (unpaired) electrons.